The summed E-state index contributed by atoms with van der Waals surface area (Å²) in [4.78, 5) is 14.7. The summed E-state index contributed by atoms with van der Waals surface area (Å²) in [6.07, 6.45) is -3.98. The smallest absolute Gasteiger partial charge is 0.491 e. The SMILES string of the molecule is CCOc1ccc(-c2nnc(-c3cccnc3OC(=O)C(F)(F)F)o2)cc1. The topological polar surface area (TPSA) is 87.3 Å². The maximum absolute atomic E-state index is 12.4. The van der Waals surface area contributed by atoms with Crippen molar-refractivity contribution >= 4 is 5.97 Å². The van der Waals surface area contributed by atoms with Gasteiger partial charge in [-0.15, -0.1) is 10.2 Å². The Kier molecular flexibility index (Phi) is 5.06. The lowest BCUT2D eigenvalue weighted by Gasteiger charge is -2.07. The molecule has 0 aliphatic heterocycles. The van der Waals surface area contributed by atoms with Crippen LogP contribution in [0.3, 0.4) is 0 Å². The molecule has 0 aliphatic rings. The van der Waals surface area contributed by atoms with E-state index in [1.807, 2.05) is 6.92 Å². The number of ether oxygens (including phenoxy) is 2. The second kappa shape index (κ2) is 7.44. The molecule has 27 heavy (non-hydrogen) atoms. The van der Waals surface area contributed by atoms with E-state index in [1.54, 1.807) is 24.3 Å². The van der Waals surface area contributed by atoms with Crippen LogP contribution in [0.25, 0.3) is 22.9 Å². The molecule has 2 aromatic heterocycles. The van der Waals surface area contributed by atoms with Gasteiger partial charge in [0.25, 0.3) is 5.89 Å². The largest absolute Gasteiger partial charge is 0.494 e. The first-order chi connectivity index (χ1) is 12.9. The zero-order chi connectivity index (χ0) is 19.4. The van der Waals surface area contributed by atoms with Crippen LogP contribution in [0.1, 0.15) is 6.92 Å². The van der Waals surface area contributed by atoms with Gasteiger partial charge in [0.1, 0.15) is 11.3 Å². The van der Waals surface area contributed by atoms with Gasteiger partial charge in [0.2, 0.25) is 11.8 Å². The van der Waals surface area contributed by atoms with Gasteiger partial charge in [-0.2, -0.15) is 13.2 Å². The standard InChI is InChI=1S/C17H12F3N3O4/c1-2-25-11-7-5-10(6-8-11)13-22-23-15(26-13)12-4-3-9-21-14(12)27-16(24)17(18,19)20/h3-9H,2H2,1H3. The molecule has 2 heterocycles. The molecule has 0 spiro atoms. The van der Waals surface area contributed by atoms with Gasteiger partial charge in [0.05, 0.1) is 6.61 Å². The third-order valence-electron chi connectivity index (χ3n) is 3.26. The number of carbonyl (C=O) groups excluding carboxylic acids is 1. The zero-order valence-corrected chi connectivity index (χ0v) is 13.9. The highest BCUT2D eigenvalue weighted by molar-refractivity contribution is 5.79. The van der Waals surface area contributed by atoms with Gasteiger partial charge in [0, 0.05) is 11.8 Å². The van der Waals surface area contributed by atoms with Crippen molar-refractivity contribution in [2.75, 3.05) is 6.61 Å². The van der Waals surface area contributed by atoms with Gasteiger partial charge in [-0.05, 0) is 43.3 Å². The Morgan fingerprint density at radius 2 is 1.81 bits per heavy atom. The number of carbonyl (C=O) groups is 1. The van der Waals surface area contributed by atoms with E-state index in [2.05, 4.69) is 19.9 Å². The minimum absolute atomic E-state index is 0.0419. The van der Waals surface area contributed by atoms with Crippen LogP contribution in [0.15, 0.2) is 47.0 Å². The number of hydrogen-bond acceptors (Lipinski definition) is 7. The van der Waals surface area contributed by atoms with E-state index in [4.69, 9.17) is 9.15 Å². The maximum Gasteiger partial charge on any atom is 0.491 e. The van der Waals surface area contributed by atoms with E-state index >= 15 is 0 Å². The number of pyridine rings is 1. The van der Waals surface area contributed by atoms with Crippen molar-refractivity contribution in [2.24, 2.45) is 0 Å². The molecule has 0 atom stereocenters. The van der Waals surface area contributed by atoms with E-state index in [9.17, 15) is 18.0 Å². The lowest BCUT2D eigenvalue weighted by Crippen LogP contribution is -2.28. The molecule has 0 radical (unpaired) electrons. The van der Waals surface area contributed by atoms with E-state index in [0.717, 1.165) is 0 Å². The van der Waals surface area contributed by atoms with Crippen molar-refractivity contribution in [1.82, 2.24) is 15.2 Å². The highest BCUT2D eigenvalue weighted by Gasteiger charge is 2.42. The molecule has 10 heteroatoms. The van der Waals surface area contributed by atoms with Crippen LogP contribution in [-0.2, 0) is 4.79 Å². The predicted molar refractivity (Wildman–Crippen MR) is 85.8 cm³/mol. The molecular weight excluding hydrogens is 367 g/mol. The van der Waals surface area contributed by atoms with E-state index in [1.165, 1.54) is 18.3 Å². The first-order valence-electron chi connectivity index (χ1n) is 7.69. The average molecular weight is 379 g/mol. The van der Waals surface area contributed by atoms with Crippen LogP contribution < -0.4 is 9.47 Å². The van der Waals surface area contributed by atoms with Crippen molar-refractivity contribution in [3.05, 3.63) is 42.6 Å². The molecule has 0 fully saturated rings. The van der Waals surface area contributed by atoms with Crippen LogP contribution in [-0.4, -0.2) is 33.9 Å². The van der Waals surface area contributed by atoms with Crippen molar-refractivity contribution in [1.29, 1.82) is 0 Å². The van der Waals surface area contributed by atoms with Gasteiger partial charge in [0.15, 0.2) is 0 Å². The van der Waals surface area contributed by atoms with E-state index in [0.29, 0.717) is 17.9 Å². The van der Waals surface area contributed by atoms with Gasteiger partial charge < -0.3 is 13.9 Å². The van der Waals surface area contributed by atoms with Gasteiger partial charge >= 0.3 is 12.1 Å². The lowest BCUT2D eigenvalue weighted by atomic mass is 10.2. The van der Waals surface area contributed by atoms with E-state index < -0.39 is 18.0 Å². The summed E-state index contributed by atoms with van der Waals surface area (Å²) in [5.74, 6) is -2.33. The molecule has 0 aliphatic carbocycles. The molecule has 0 unspecified atom stereocenters. The molecule has 0 saturated heterocycles. The second-order valence-electron chi connectivity index (χ2n) is 5.11. The molecule has 1 aromatic carbocycles. The third-order valence-corrected chi connectivity index (χ3v) is 3.26. The Morgan fingerprint density at radius 3 is 2.48 bits per heavy atom. The van der Waals surface area contributed by atoms with Crippen LogP contribution in [0.4, 0.5) is 13.2 Å². The van der Waals surface area contributed by atoms with Crippen molar-refractivity contribution in [3.63, 3.8) is 0 Å². The number of hydrogen-bond donors (Lipinski definition) is 0. The first-order valence-corrected chi connectivity index (χ1v) is 7.69. The molecule has 3 aromatic rings. The molecule has 0 amide bonds. The maximum atomic E-state index is 12.4. The minimum atomic E-state index is -5.16. The quantitative estimate of drug-likeness (QED) is 0.625. The normalized spacial score (nSPS) is 11.3. The Hall–Kier alpha value is -3.43. The second-order valence-corrected chi connectivity index (χ2v) is 5.11. The van der Waals surface area contributed by atoms with Crippen LogP contribution in [0, 0.1) is 0 Å². The van der Waals surface area contributed by atoms with Crippen LogP contribution >= 0.6 is 0 Å². The molecule has 0 bridgehead atoms. The Labute approximate surface area is 150 Å². The number of esters is 1. The fourth-order valence-corrected chi connectivity index (χ4v) is 2.09. The summed E-state index contributed by atoms with van der Waals surface area (Å²) in [5.41, 5.74) is 0.537. The minimum Gasteiger partial charge on any atom is -0.494 e. The van der Waals surface area contributed by atoms with Gasteiger partial charge in [-0.1, -0.05) is 0 Å². The number of nitrogens with zero attached hydrogens (tertiary/aromatic N) is 3. The third kappa shape index (κ3) is 4.22. The number of aromatic nitrogens is 3. The van der Waals surface area contributed by atoms with E-state index in [-0.39, 0.29) is 17.3 Å². The molecule has 0 saturated carbocycles. The molecule has 0 N–H and O–H groups in total. The fraction of sp³-hybridized carbons (Fsp3) is 0.176. The molecule has 7 nitrogen and oxygen atoms in total. The average Bonchev–Trinajstić information content (AvgIpc) is 3.12. The summed E-state index contributed by atoms with van der Waals surface area (Å²) in [7, 11) is 0. The Bertz CT molecular complexity index is 939. The zero-order valence-electron chi connectivity index (χ0n) is 13.9. The summed E-state index contributed by atoms with van der Waals surface area (Å²) in [5, 5.41) is 7.65. The summed E-state index contributed by atoms with van der Waals surface area (Å²) < 4.78 is 52.4. The summed E-state index contributed by atoms with van der Waals surface area (Å²) in [6, 6.07) is 9.58. The number of halogens is 3. The van der Waals surface area contributed by atoms with Gasteiger partial charge in [-0.3, -0.25) is 0 Å². The Balaban J connectivity index is 1.87. The monoisotopic (exact) mass is 379 g/mol. The fourth-order valence-electron chi connectivity index (χ4n) is 2.09. The summed E-state index contributed by atoms with van der Waals surface area (Å²) in [6.45, 7) is 2.37. The Morgan fingerprint density at radius 1 is 1.11 bits per heavy atom. The lowest BCUT2D eigenvalue weighted by molar-refractivity contribution is -0.189. The number of rotatable bonds is 5. The van der Waals surface area contributed by atoms with Crippen LogP contribution in [0.5, 0.6) is 11.6 Å². The highest BCUT2D eigenvalue weighted by Crippen LogP contribution is 2.31. The number of benzene rings is 1. The molecule has 3 rings (SSSR count). The van der Waals surface area contributed by atoms with Crippen molar-refractivity contribution < 1.29 is 31.9 Å². The first kappa shape index (κ1) is 18.4. The molecule has 140 valence electrons. The van der Waals surface area contributed by atoms with Crippen molar-refractivity contribution in [3.8, 4) is 34.5 Å². The van der Waals surface area contributed by atoms with Crippen LogP contribution in [0.2, 0.25) is 0 Å². The van der Waals surface area contributed by atoms with Gasteiger partial charge in [-0.25, -0.2) is 9.78 Å². The highest BCUT2D eigenvalue weighted by atomic mass is 19.4. The predicted octanol–water partition coefficient (Wildman–Crippen LogP) is 3.67. The van der Waals surface area contributed by atoms with Crippen molar-refractivity contribution in [2.45, 2.75) is 13.1 Å². The summed E-state index contributed by atoms with van der Waals surface area (Å²) >= 11 is 0. The molecular formula is C17H12F3N3O4. The number of alkyl halides is 3.